The van der Waals surface area contributed by atoms with E-state index in [1.165, 1.54) is 6.92 Å². The van der Waals surface area contributed by atoms with Crippen LogP contribution in [0.3, 0.4) is 0 Å². The van der Waals surface area contributed by atoms with Crippen molar-refractivity contribution in [1.82, 2.24) is 0 Å². The molecule has 0 fully saturated rings. The number of halogens is 3. The van der Waals surface area contributed by atoms with Gasteiger partial charge in [-0.1, -0.05) is 6.58 Å². The molecule has 0 saturated carbocycles. The van der Waals surface area contributed by atoms with Crippen LogP contribution in [-0.4, -0.2) is 38.9 Å². The molecule has 0 heterocycles. The zero-order chi connectivity index (χ0) is 16.0. The lowest BCUT2D eigenvalue weighted by Gasteiger charge is -2.13. The summed E-state index contributed by atoms with van der Waals surface area (Å²) in [6.45, 7) is 3.54. The van der Waals surface area contributed by atoms with Crippen LogP contribution in [0.1, 0.15) is 6.92 Å². The van der Waals surface area contributed by atoms with Gasteiger partial charge in [0.25, 0.3) is 0 Å². The topological polar surface area (TPSA) is 61.8 Å². The van der Waals surface area contributed by atoms with Crippen molar-refractivity contribution in [3.05, 3.63) is 24.0 Å². The van der Waals surface area contributed by atoms with Crippen LogP contribution in [-0.2, 0) is 23.1 Å². The van der Waals surface area contributed by atoms with E-state index in [0.29, 0.717) is 6.08 Å². The van der Waals surface area contributed by atoms with Crippen molar-refractivity contribution in [2.45, 2.75) is 13.1 Å². The van der Waals surface area contributed by atoms with Crippen molar-refractivity contribution < 1.29 is 36.3 Å². The van der Waals surface area contributed by atoms with Crippen molar-refractivity contribution in [3.63, 3.8) is 0 Å². The van der Waals surface area contributed by atoms with Gasteiger partial charge in [0, 0.05) is 14.2 Å². The fourth-order valence-corrected chi connectivity index (χ4v) is 1.96. The summed E-state index contributed by atoms with van der Waals surface area (Å²) in [5.74, 6) is -0.757. The summed E-state index contributed by atoms with van der Waals surface area (Å²) in [7, 11) is -1.25. The molecule has 0 aliphatic carbocycles. The number of carbonyl (C=O) groups is 1. The zero-order valence-corrected chi connectivity index (χ0v) is 12.2. The average molecular weight is 316 g/mol. The third-order valence-electron chi connectivity index (χ3n) is 2.13. The van der Waals surface area contributed by atoms with Gasteiger partial charge in [-0.3, -0.25) is 9.36 Å². The van der Waals surface area contributed by atoms with Gasteiger partial charge in [-0.25, -0.2) is 0 Å². The molecule has 0 N–H and O–H groups in total. The summed E-state index contributed by atoms with van der Waals surface area (Å²) in [5.41, 5.74) is -1.10. The predicted octanol–water partition coefficient (Wildman–Crippen LogP) is 3.08. The normalized spacial score (nSPS) is 13.2. The summed E-state index contributed by atoms with van der Waals surface area (Å²) >= 11 is 0. The Morgan fingerprint density at radius 3 is 2.20 bits per heavy atom. The van der Waals surface area contributed by atoms with Gasteiger partial charge in [-0.05, 0) is 13.0 Å². The molecule has 0 unspecified atom stereocenters. The van der Waals surface area contributed by atoms with Gasteiger partial charge in [-0.15, -0.1) is 0 Å². The number of ketones is 1. The molecule has 0 atom stereocenters. The van der Waals surface area contributed by atoms with Crippen molar-refractivity contribution in [3.8, 4) is 0 Å². The van der Waals surface area contributed by atoms with Crippen LogP contribution in [0.2, 0.25) is 0 Å². The van der Waals surface area contributed by atoms with Gasteiger partial charge < -0.3 is 13.8 Å². The molecule has 0 spiro atoms. The second-order valence-electron chi connectivity index (χ2n) is 3.74. The Balaban J connectivity index is 4.43. The third-order valence-corrected chi connectivity index (χ3v) is 3.98. The smallest absolute Gasteiger partial charge is 0.415 e. The average Bonchev–Trinajstić information content (AvgIpc) is 2.35. The maximum absolute atomic E-state index is 12.2. The monoisotopic (exact) mass is 316 g/mol. The first-order valence-electron chi connectivity index (χ1n) is 5.33. The minimum Gasteiger partial charge on any atom is -0.490 e. The van der Waals surface area contributed by atoms with Crippen LogP contribution in [0.4, 0.5) is 13.2 Å². The third kappa shape index (κ3) is 6.88. The van der Waals surface area contributed by atoms with Crippen LogP contribution >= 0.6 is 7.60 Å². The number of allylic oxidation sites excluding steroid dienone is 3. The minimum atomic E-state index is -4.56. The highest BCUT2D eigenvalue weighted by molar-refractivity contribution is 7.54. The molecule has 9 heteroatoms. The molecule has 0 aliphatic rings. The first-order chi connectivity index (χ1) is 9.04. The van der Waals surface area contributed by atoms with Crippen LogP contribution in [0.25, 0.3) is 0 Å². The minimum absolute atomic E-state index is 0.134. The van der Waals surface area contributed by atoms with Crippen LogP contribution < -0.4 is 0 Å². The van der Waals surface area contributed by atoms with Crippen molar-refractivity contribution in [1.29, 1.82) is 0 Å². The molecule has 20 heavy (non-hydrogen) atoms. The van der Waals surface area contributed by atoms with Crippen molar-refractivity contribution >= 4 is 13.4 Å². The van der Waals surface area contributed by atoms with Gasteiger partial charge in [0.1, 0.15) is 12.8 Å². The Kier molecular flexibility index (Phi) is 7.19. The highest BCUT2D eigenvalue weighted by atomic mass is 31.2. The van der Waals surface area contributed by atoms with E-state index in [4.69, 9.17) is 4.74 Å². The second-order valence-corrected chi connectivity index (χ2v) is 6.01. The molecule has 0 amide bonds. The summed E-state index contributed by atoms with van der Waals surface area (Å²) in [5, 5.41) is 0. The second kappa shape index (κ2) is 7.61. The summed E-state index contributed by atoms with van der Waals surface area (Å²) in [6.07, 6.45) is -4.41. The summed E-state index contributed by atoms with van der Waals surface area (Å²) in [4.78, 5) is 11.4. The molecule has 5 nitrogen and oxygen atoms in total. The lowest BCUT2D eigenvalue weighted by molar-refractivity contribution is -0.120. The quantitative estimate of drug-likeness (QED) is 0.391. The van der Waals surface area contributed by atoms with Crippen LogP contribution in [0, 0.1) is 0 Å². The molecular formula is C11H16F3O5P. The molecule has 0 aromatic carbocycles. The number of rotatable bonds is 8. The van der Waals surface area contributed by atoms with E-state index in [9.17, 15) is 22.5 Å². The number of alkyl halides is 3. The standard InChI is InChI=1S/C11H16F3O5P/c1-8(11(12,13)14)5-9(2)19-6-10(15)7-20(16,17-3)18-4/h5H,1,6-7H2,2-4H3/b9-5+. The van der Waals surface area contributed by atoms with Gasteiger partial charge >= 0.3 is 13.8 Å². The van der Waals surface area contributed by atoms with Crippen molar-refractivity contribution in [2.24, 2.45) is 0 Å². The molecule has 0 radical (unpaired) electrons. The van der Waals surface area contributed by atoms with E-state index < -0.39 is 37.9 Å². The maximum Gasteiger partial charge on any atom is 0.415 e. The molecule has 116 valence electrons. The molecule has 0 aromatic heterocycles. The molecule has 0 aromatic rings. The Bertz CT molecular complexity index is 434. The van der Waals surface area contributed by atoms with Gasteiger partial charge in [-0.2, -0.15) is 13.2 Å². The molecule has 0 saturated heterocycles. The van der Waals surface area contributed by atoms with Crippen LogP contribution in [0.5, 0.6) is 0 Å². The van der Waals surface area contributed by atoms with E-state index in [1.807, 2.05) is 0 Å². The molecular weight excluding hydrogens is 300 g/mol. The van der Waals surface area contributed by atoms with Gasteiger partial charge in [0.15, 0.2) is 5.78 Å². The number of hydrogen-bond donors (Lipinski definition) is 0. The number of hydrogen-bond acceptors (Lipinski definition) is 5. The fraction of sp³-hybridized carbons (Fsp3) is 0.545. The van der Waals surface area contributed by atoms with E-state index in [2.05, 4.69) is 15.6 Å². The lowest BCUT2D eigenvalue weighted by atomic mass is 10.2. The maximum atomic E-state index is 12.2. The first-order valence-corrected chi connectivity index (χ1v) is 7.06. The Hall–Kier alpha value is -1.11. The summed E-state index contributed by atoms with van der Waals surface area (Å²) < 4.78 is 62.1. The first kappa shape index (κ1) is 18.9. The lowest BCUT2D eigenvalue weighted by Crippen LogP contribution is -2.15. The predicted molar refractivity (Wildman–Crippen MR) is 66.4 cm³/mol. The van der Waals surface area contributed by atoms with E-state index >= 15 is 0 Å². The zero-order valence-electron chi connectivity index (χ0n) is 11.3. The van der Waals surface area contributed by atoms with E-state index in [-0.39, 0.29) is 5.76 Å². The number of carbonyl (C=O) groups excluding carboxylic acids is 1. The van der Waals surface area contributed by atoms with Crippen LogP contribution in [0.15, 0.2) is 24.0 Å². The fourth-order valence-electron chi connectivity index (χ4n) is 1.03. The largest absolute Gasteiger partial charge is 0.490 e. The van der Waals surface area contributed by atoms with E-state index in [1.54, 1.807) is 0 Å². The molecule has 0 rings (SSSR count). The highest BCUT2D eigenvalue weighted by Crippen LogP contribution is 2.45. The molecule has 0 aliphatic heterocycles. The van der Waals surface area contributed by atoms with E-state index in [0.717, 1.165) is 14.2 Å². The number of ether oxygens (including phenoxy) is 1. The van der Waals surface area contributed by atoms with Gasteiger partial charge in [0.05, 0.1) is 11.3 Å². The van der Waals surface area contributed by atoms with Gasteiger partial charge in [0.2, 0.25) is 0 Å². The van der Waals surface area contributed by atoms with Crippen molar-refractivity contribution in [2.75, 3.05) is 27.0 Å². The molecule has 0 bridgehead atoms. The highest BCUT2D eigenvalue weighted by Gasteiger charge is 2.30. The Morgan fingerprint density at radius 1 is 1.30 bits per heavy atom. The Labute approximate surface area is 114 Å². The SMILES string of the molecule is C=C(/C=C(\C)OCC(=O)CP(=O)(OC)OC)C(F)(F)F. The summed E-state index contributed by atoms with van der Waals surface area (Å²) in [6, 6.07) is 0. The Morgan fingerprint density at radius 2 is 1.80 bits per heavy atom. The number of Topliss-reactive ketones (excluding diaryl/α,β-unsaturated/α-hetero) is 1.